The van der Waals surface area contributed by atoms with E-state index in [1.807, 2.05) is 13.0 Å². The molecule has 0 aliphatic rings. The third kappa shape index (κ3) is 2.19. The van der Waals surface area contributed by atoms with Crippen molar-refractivity contribution in [3.05, 3.63) is 48.0 Å². The average molecular weight is 269 g/mol. The van der Waals surface area contributed by atoms with E-state index in [1.54, 1.807) is 0 Å². The lowest BCUT2D eigenvalue weighted by Crippen LogP contribution is -2.05. The number of aromatic nitrogens is 1. The fourth-order valence-electron chi connectivity index (χ4n) is 2.74. The molecule has 3 nitrogen and oxygen atoms in total. The second kappa shape index (κ2) is 5.65. The van der Waals surface area contributed by atoms with Gasteiger partial charge in [-0.1, -0.05) is 24.3 Å². The van der Waals surface area contributed by atoms with Crippen LogP contribution in [0, 0.1) is 0 Å². The molecule has 1 heterocycles. The molecule has 20 heavy (non-hydrogen) atoms. The van der Waals surface area contributed by atoms with E-state index >= 15 is 0 Å². The number of aliphatic hydroxyl groups excluding tert-OH is 1. The third-order valence-corrected chi connectivity index (χ3v) is 3.68. The van der Waals surface area contributed by atoms with Gasteiger partial charge in [-0.2, -0.15) is 0 Å². The highest BCUT2D eigenvalue weighted by atomic mass is 16.5. The first-order chi connectivity index (χ1) is 9.85. The van der Waals surface area contributed by atoms with E-state index in [1.165, 1.54) is 21.8 Å². The number of hydrogen-bond donors (Lipinski definition) is 1. The smallest absolute Gasteiger partial charge is 0.0682 e. The second-order valence-electron chi connectivity index (χ2n) is 4.88. The minimum atomic E-state index is 0.0778. The molecular formula is C17H19NO2. The summed E-state index contributed by atoms with van der Waals surface area (Å²) < 4.78 is 7.78. The van der Waals surface area contributed by atoms with Crippen molar-refractivity contribution >= 4 is 21.8 Å². The maximum Gasteiger partial charge on any atom is 0.0682 e. The van der Waals surface area contributed by atoms with Gasteiger partial charge in [0.2, 0.25) is 0 Å². The molecule has 2 aromatic carbocycles. The van der Waals surface area contributed by atoms with E-state index in [-0.39, 0.29) is 6.61 Å². The quantitative estimate of drug-likeness (QED) is 0.721. The van der Waals surface area contributed by atoms with Crippen molar-refractivity contribution in [2.45, 2.75) is 20.1 Å². The molecule has 3 aromatic rings. The molecule has 0 atom stereocenters. The molecule has 1 N–H and O–H groups in total. The van der Waals surface area contributed by atoms with Crippen LogP contribution in [0.25, 0.3) is 21.8 Å². The van der Waals surface area contributed by atoms with Crippen molar-refractivity contribution in [1.82, 2.24) is 4.57 Å². The lowest BCUT2D eigenvalue weighted by atomic mass is 10.1. The summed E-state index contributed by atoms with van der Waals surface area (Å²) in [4.78, 5) is 0. The predicted molar refractivity (Wildman–Crippen MR) is 81.9 cm³/mol. The summed E-state index contributed by atoms with van der Waals surface area (Å²) in [5.41, 5.74) is 3.37. The highest BCUT2D eigenvalue weighted by Crippen LogP contribution is 2.29. The number of para-hydroxylation sites is 1. The van der Waals surface area contributed by atoms with Crippen LogP contribution in [0.15, 0.2) is 42.5 Å². The number of fused-ring (bicyclic) bond motifs is 3. The van der Waals surface area contributed by atoms with Crippen molar-refractivity contribution in [3.8, 4) is 0 Å². The average Bonchev–Trinajstić information content (AvgIpc) is 2.81. The van der Waals surface area contributed by atoms with Gasteiger partial charge in [-0.15, -0.1) is 0 Å². The van der Waals surface area contributed by atoms with Crippen molar-refractivity contribution in [2.24, 2.45) is 0 Å². The zero-order chi connectivity index (χ0) is 13.9. The normalized spacial score (nSPS) is 11.5. The van der Waals surface area contributed by atoms with Crippen LogP contribution in [0.3, 0.4) is 0 Å². The van der Waals surface area contributed by atoms with E-state index in [2.05, 4.69) is 41.0 Å². The molecule has 0 radical (unpaired) electrons. The van der Waals surface area contributed by atoms with Crippen molar-refractivity contribution < 1.29 is 9.84 Å². The second-order valence-corrected chi connectivity index (χ2v) is 4.88. The summed E-state index contributed by atoms with van der Waals surface area (Å²) in [6.45, 7) is 4.39. The SMILES string of the molecule is CCOCCn1c2ccccc2c2cc(CO)ccc21. The monoisotopic (exact) mass is 269 g/mol. The number of aliphatic hydroxyl groups is 1. The van der Waals surface area contributed by atoms with Gasteiger partial charge >= 0.3 is 0 Å². The molecular weight excluding hydrogens is 250 g/mol. The van der Waals surface area contributed by atoms with Gasteiger partial charge in [0, 0.05) is 35.0 Å². The first-order valence-electron chi connectivity index (χ1n) is 7.03. The Labute approximate surface area is 118 Å². The van der Waals surface area contributed by atoms with E-state index in [9.17, 15) is 5.11 Å². The molecule has 0 fully saturated rings. The Bertz CT molecular complexity index is 730. The lowest BCUT2D eigenvalue weighted by molar-refractivity contribution is 0.140. The first-order valence-corrected chi connectivity index (χ1v) is 7.03. The van der Waals surface area contributed by atoms with Gasteiger partial charge in [-0.25, -0.2) is 0 Å². The van der Waals surface area contributed by atoms with Crippen LogP contribution in [0.1, 0.15) is 12.5 Å². The summed E-state index contributed by atoms with van der Waals surface area (Å²) in [7, 11) is 0. The predicted octanol–water partition coefficient (Wildman–Crippen LogP) is 3.32. The molecule has 0 amide bonds. The van der Waals surface area contributed by atoms with E-state index in [4.69, 9.17) is 4.74 Å². The van der Waals surface area contributed by atoms with Gasteiger partial charge in [0.05, 0.1) is 13.2 Å². The van der Waals surface area contributed by atoms with Crippen LogP contribution in [-0.4, -0.2) is 22.9 Å². The van der Waals surface area contributed by atoms with Crippen LogP contribution in [0.4, 0.5) is 0 Å². The van der Waals surface area contributed by atoms with Crippen LogP contribution >= 0.6 is 0 Å². The first kappa shape index (κ1) is 13.2. The summed E-state index contributed by atoms with van der Waals surface area (Å²) in [6, 6.07) is 14.5. The van der Waals surface area contributed by atoms with E-state index in [0.717, 1.165) is 18.7 Å². The highest BCUT2D eigenvalue weighted by Gasteiger charge is 2.10. The molecule has 3 heteroatoms. The number of nitrogens with zero attached hydrogens (tertiary/aromatic N) is 1. The lowest BCUT2D eigenvalue weighted by Gasteiger charge is -2.07. The van der Waals surface area contributed by atoms with Gasteiger partial charge in [-0.3, -0.25) is 0 Å². The number of hydrogen-bond acceptors (Lipinski definition) is 2. The molecule has 0 aliphatic carbocycles. The zero-order valence-corrected chi connectivity index (χ0v) is 11.7. The molecule has 0 aliphatic heterocycles. The fraction of sp³-hybridized carbons (Fsp3) is 0.294. The Balaban J connectivity index is 2.19. The Morgan fingerprint density at radius 2 is 1.85 bits per heavy atom. The Morgan fingerprint density at radius 1 is 1.05 bits per heavy atom. The maximum atomic E-state index is 9.32. The summed E-state index contributed by atoms with van der Waals surface area (Å²) in [5.74, 6) is 0. The molecule has 104 valence electrons. The minimum absolute atomic E-state index is 0.0778. The Hall–Kier alpha value is -1.84. The van der Waals surface area contributed by atoms with Gasteiger partial charge < -0.3 is 14.4 Å². The van der Waals surface area contributed by atoms with Gasteiger partial charge in [0.15, 0.2) is 0 Å². The van der Waals surface area contributed by atoms with Crippen LogP contribution in [0.5, 0.6) is 0 Å². The molecule has 0 saturated heterocycles. The summed E-state index contributed by atoms with van der Waals surface area (Å²) in [6.07, 6.45) is 0. The van der Waals surface area contributed by atoms with E-state index < -0.39 is 0 Å². The van der Waals surface area contributed by atoms with E-state index in [0.29, 0.717) is 6.61 Å². The van der Waals surface area contributed by atoms with Crippen LogP contribution in [-0.2, 0) is 17.9 Å². The fourth-order valence-corrected chi connectivity index (χ4v) is 2.74. The van der Waals surface area contributed by atoms with Gasteiger partial charge in [-0.05, 0) is 30.7 Å². The molecule has 0 saturated carbocycles. The molecule has 0 unspecified atom stereocenters. The number of benzene rings is 2. The zero-order valence-electron chi connectivity index (χ0n) is 11.7. The summed E-state index contributed by atoms with van der Waals surface area (Å²) in [5, 5.41) is 11.8. The third-order valence-electron chi connectivity index (χ3n) is 3.68. The maximum absolute atomic E-state index is 9.32. The van der Waals surface area contributed by atoms with Crippen molar-refractivity contribution in [2.75, 3.05) is 13.2 Å². The van der Waals surface area contributed by atoms with Crippen molar-refractivity contribution in [3.63, 3.8) is 0 Å². The van der Waals surface area contributed by atoms with Gasteiger partial charge in [0.25, 0.3) is 0 Å². The van der Waals surface area contributed by atoms with Crippen molar-refractivity contribution in [1.29, 1.82) is 0 Å². The molecule has 0 spiro atoms. The van der Waals surface area contributed by atoms with Crippen LogP contribution in [0.2, 0.25) is 0 Å². The highest BCUT2D eigenvalue weighted by molar-refractivity contribution is 6.08. The molecule has 1 aromatic heterocycles. The largest absolute Gasteiger partial charge is 0.392 e. The summed E-state index contributed by atoms with van der Waals surface area (Å²) >= 11 is 0. The Morgan fingerprint density at radius 3 is 2.65 bits per heavy atom. The topological polar surface area (TPSA) is 34.4 Å². The van der Waals surface area contributed by atoms with Crippen LogP contribution < -0.4 is 0 Å². The standard InChI is InChI=1S/C17H19NO2/c1-2-20-10-9-18-16-6-4-3-5-14(16)15-11-13(12-19)7-8-17(15)18/h3-8,11,19H,2,9-10,12H2,1H3. The Kier molecular flexibility index (Phi) is 3.72. The number of rotatable bonds is 5. The number of ether oxygens (including phenoxy) is 1. The molecule has 0 bridgehead atoms. The van der Waals surface area contributed by atoms with Gasteiger partial charge in [0.1, 0.15) is 0 Å². The molecule has 3 rings (SSSR count). The minimum Gasteiger partial charge on any atom is -0.392 e.